The van der Waals surface area contributed by atoms with Gasteiger partial charge in [-0.15, -0.1) is 0 Å². The molecule has 0 aromatic heterocycles. The number of rotatable bonds is 4. The van der Waals surface area contributed by atoms with Crippen LogP contribution in [0.15, 0.2) is 91.0 Å². The molecule has 1 unspecified atom stereocenters. The Kier molecular flexibility index (Phi) is 14.4. The van der Waals surface area contributed by atoms with Crippen LogP contribution in [-0.2, 0) is 4.79 Å². The summed E-state index contributed by atoms with van der Waals surface area (Å²) in [6.07, 6.45) is 2.00. The van der Waals surface area contributed by atoms with Crippen molar-refractivity contribution in [3.63, 3.8) is 0 Å². The third kappa shape index (κ3) is 8.06. The second-order valence-electron chi connectivity index (χ2n) is 9.14. The van der Waals surface area contributed by atoms with Crippen LogP contribution in [0, 0.1) is 0 Å². The van der Waals surface area contributed by atoms with Crippen molar-refractivity contribution in [1.29, 1.82) is 0 Å². The van der Waals surface area contributed by atoms with Gasteiger partial charge in [0.2, 0.25) is 0 Å². The number of aliphatic hydroxyl groups is 1. The zero-order valence-electron chi connectivity index (χ0n) is 25.1. The summed E-state index contributed by atoms with van der Waals surface area (Å²) >= 11 is 0. The van der Waals surface area contributed by atoms with Crippen LogP contribution in [0.5, 0.6) is 17.2 Å². The van der Waals surface area contributed by atoms with E-state index in [0.717, 1.165) is 16.9 Å². The molecule has 41 heavy (non-hydrogen) atoms. The third-order valence-corrected chi connectivity index (χ3v) is 6.72. The normalized spacial score (nSPS) is 13.2. The summed E-state index contributed by atoms with van der Waals surface area (Å²) < 4.78 is 11.2. The molecule has 1 aliphatic heterocycles. The number of unbranched alkanes of at least 4 members (excludes halogenated alkanes) is 1. The Bertz CT molecular complexity index is 1290. The number of fused-ring (bicyclic) bond motifs is 5. The highest BCUT2D eigenvalue weighted by atomic mass is 16.5. The van der Waals surface area contributed by atoms with E-state index >= 15 is 0 Å². The first kappa shape index (κ1) is 33.3. The Balaban J connectivity index is 0.000000232. The molecular weight excluding hydrogens is 510 g/mol. The summed E-state index contributed by atoms with van der Waals surface area (Å²) in [6, 6.07) is 30.1. The van der Waals surface area contributed by atoms with Crippen molar-refractivity contribution in [2.45, 2.75) is 59.5 Å². The van der Waals surface area contributed by atoms with Crippen molar-refractivity contribution >= 4 is 6.79 Å². The van der Waals surface area contributed by atoms with Gasteiger partial charge >= 0.3 is 0 Å². The van der Waals surface area contributed by atoms with E-state index in [9.17, 15) is 5.11 Å². The fourth-order valence-corrected chi connectivity index (χ4v) is 4.68. The predicted molar refractivity (Wildman–Crippen MR) is 170 cm³/mol. The Hall–Kier alpha value is -3.93. The molecule has 0 saturated carbocycles. The van der Waals surface area contributed by atoms with Crippen LogP contribution in [0.25, 0.3) is 11.1 Å². The van der Waals surface area contributed by atoms with Crippen LogP contribution in [0.4, 0.5) is 0 Å². The Morgan fingerprint density at radius 2 is 1.22 bits per heavy atom. The van der Waals surface area contributed by atoms with Crippen molar-refractivity contribution in [1.82, 2.24) is 0 Å². The number of nitrogens with two attached hydrogens (primary N) is 1. The maximum atomic E-state index is 10.3. The van der Waals surface area contributed by atoms with Gasteiger partial charge in [0.25, 0.3) is 0 Å². The molecule has 0 spiro atoms. The maximum absolute atomic E-state index is 10.3. The lowest BCUT2D eigenvalue weighted by Crippen LogP contribution is -2.10. The van der Waals surface area contributed by atoms with Crippen LogP contribution in [0.2, 0.25) is 0 Å². The number of para-hydroxylation sites is 1. The van der Waals surface area contributed by atoms with Crippen molar-refractivity contribution in [2.24, 2.45) is 5.73 Å². The third-order valence-electron chi connectivity index (χ3n) is 6.72. The lowest BCUT2D eigenvalue weighted by molar-refractivity contribution is -0.0980. The zero-order chi connectivity index (χ0) is 30.2. The summed E-state index contributed by atoms with van der Waals surface area (Å²) in [5.74, 6) is 2.50. The molecule has 0 bridgehead atoms. The minimum Gasteiger partial charge on any atom is -0.494 e. The second kappa shape index (κ2) is 17.7. The van der Waals surface area contributed by atoms with Gasteiger partial charge < -0.3 is 25.1 Å². The number of ether oxygens (including phenoxy) is 2. The molecule has 5 heteroatoms. The summed E-state index contributed by atoms with van der Waals surface area (Å²) in [7, 11) is 0. The van der Waals surface area contributed by atoms with E-state index in [4.69, 9.17) is 20.0 Å². The molecule has 4 aromatic carbocycles. The molecular formula is C36H45NO4. The average molecular weight is 556 g/mol. The highest BCUT2D eigenvalue weighted by Crippen LogP contribution is 2.44. The lowest BCUT2D eigenvalue weighted by atomic mass is 9.97. The fraction of sp³-hybridized carbons (Fsp3) is 0.306. The van der Waals surface area contributed by atoms with Crippen molar-refractivity contribution in [2.75, 3.05) is 13.2 Å². The topological polar surface area (TPSA) is 81.8 Å². The molecule has 5 nitrogen and oxygen atoms in total. The van der Waals surface area contributed by atoms with Crippen LogP contribution in [0.1, 0.15) is 81.7 Å². The first-order chi connectivity index (χ1) is 20.1. The second-order valence-corrected chi connectivity index (χ2v) is 9.14. The quantitative estimate of drug-likeness (QED) is 0.263. The Labute approximate surface area is 246 Å². The van der Waals surface area contributed by atoms with E-state index in [2.05, 4.69) is 62.4 Å². The molecule has 0 saturated heterocycles. The first-order valence-electron chi connectivity index (χ1n) is 14.5. The van der Waals surface area contributed by atoms with Gasteiger partial charge in [-0.1, -0.05) is 107 Å². The van der Waals surface area contributed by atoms with Gasteiger partial charge in [-0.05, 0) is 47.4 Å². The number of hydrogen-bond donors (Lipinski definition) is 2. The van der Waals surface area contributed by atoms with E-state index in [1.54, 1.807) is 0 Å². The lowest BCUT2D eigenvalue weighted by Gasteiger charge is -2.25. The SMILES string of the molecule is C=O.CC.CCCC.CCOc1ccc2c(c1)Oc1ccccc1C2O.NCC1c2ccccc2-c2ccccc21. The molecule has 3 N–H and O–H groups in total. The monoisotopic (exact) mass is 555 g/mol. The summed E-state index contributed by atoms with van der Waals surface area (Å²) in [4.78, 5) is 8.00. The molecule has 4 aromatic rings. The van der Waals surface area contributed by atoms with Gasteiger partial charge in [0.05, 0.1) is 6.61 Å². The summed E-state index contributed by atoms with van der Waals surface area (Å²) in [6.45, 7) is 13.6. The average Bonchev–Trinajstić information content (AvgIpc) is 3.37. The van der Waals surface area contributed by atoms with Gasteiger partial charge in [-0.3, -0.25) is 0 Å². The molecule has 218 valence electrons. The molecule has 0 fully saturated rings. The standard InChI is InChI=1S/C15H14O3.C14H13N.C4H10.C2H6.CH2O/c1-2-17-10-7-8-12-14(9-10)18-13-6-4-3-5-11(13)15(12)16;15-9-14-12-7-3-1-5-10(12)11-6-2-4-8-13(11)14;1-3-4-2;2*1-2/h3-9,15-16H,2H2,1H3;1-8,14H,9,15H2;3-4H2,1-2H3;1-2H3;1H2. The van der Waals surface area contributed by atoms with Gasteiger partial charge in [-0.2, -0.15) is 0 Å². The van der Waals surface area contributed by atoms with Crippen LogP contribution in [0.3, 0.4) is 0 Å². The summed E-state index contributed by atoms with van der Waals surface area (Å²) in [5, 5.41) is 10.3. The minimum atomic E-state index is -0.638. The van der Waals surface area contributed by atoms with E-state index < -0.39 is 6.10 Å². The Morgan fingerprint density at radius 3 is 1.73 bits per heavy atom. The van der Waals surface area contributed by atoms with Crippen molar-refractivity contribution in [3.05, 3.63) is 113 Å². The predicted octanol–water partition coefficient (Wildman–Crippen LogP) is 8.68. The Morgan fingerprint density at radius 1 is 0.732 bits per heavy atom. The number of hydrogen-bond acceptors (Lipinski definition) is 5. The molecule has 2 aliphatic rings. The van der Waals surface area contributed by atoms with E-state index in [1.807, 2.05) is 70.0 Å². The smallest absolute Gasteiger partial charge is 0.137 e. The van der Waals surface area contributed by atoms with E-state index in [0.29, 0.717) is 30.6 Å². The van der Waals surface area contributed by atoms with Gasteiger partial charge in [0.15, 0.2) is 0 Å². The van der Waals surface area contributed by atoms with Crippen molar-refractivity contribution < 1.29 is 19.4 Å². The first-order valence-corrected chi connectivity index (χ1v) is 14.5. The molecule has 1 heterocycles. The highest BCUT2D eigenvalue weighted by Gasteiger charge is 2.27. The van der Waals surface area contributed by atoms with Crippen molar-refractivity contribution in [3.8, 4) is 28.4 Å². The number of carbonyl (C=O) groups is 1. The van der Waals surface area contributed by atoms with Gasteiger partial charge in [0, 0.05) is 29.7 Å². The largest absolute Gasteiger partial charge is 0.494 e. The van der Waals surface area contributed by atoms with Crippen LogP contribution >= 0.6 is 0 Å². The molecule has 0 amide bonds. The number of carbonyl (C=O) groups excluding carboxylic acids is 1. The molecule has 0 radical (unpaired) electrons. The van der Waals surface area contributed by atoms with Crippen LogP contribution < -0.4 is 15.2 Å². The minimum absolute atomic E-state index is 0.386. The summed E-state index contributed by atoms with van der Waals surface area (Å²) in [5.41, 5.74) is 12.9. The van der Waals surface area contributed by atoms with E-state index in [1.165, 1.54) is 35.1 Å². The number of aliphatic hydroxyl groups excluding tert-OH is 1. The van der Waals surface area contributed by atoms with E-state index in [-0.39, 0.29) is 0 Å². The van der Waals surface area contributed by atoms with Gasteiger partial charge in [0.1, 0.15) is 30.1 Å². The number of benzene rings is 4. The van der Waals surface area contributed by atoms with Crippen LogP contribution in [-0.4, -0.2) is 25.0 Å². The molecule has 6 rings (SSSR count). The maximum Gasteiger partial charge on any atom is 0.137 e. The highest BCUT2D eigenvalue weighted by molar-refractivity contribution is 5.78. The fourth-order valence-electron chi connectivity index (χ4n) is 4.68. The zero-order valence-corrected chi connectivity index (χ0v) is 25.1. The molecule has 1 atom stereocenters. The van der Waals surface area contributed by atoms with Gasteiger partial charge in [-0.25, -0.2) is 0 Å². The molecule has 1 aliphatic carbocycles.